The standard InChI is InChI=1S/C26H25N3O3S/c30-25(28-14-6-7-15-28)18-32-23-12-5-4-11-20(23)22-17-21(24-13-8-16-33-24)27-29(22)26(31)19-9-2-1-3-10-19/h1-5,8-13,16,22H,6-7,14-15,17-18H2/t22-/m0/s1. The van der Waals surface area contributed by atoms with Crippen molar-refractivity contribution >= 4 is 28.9 Å². The lowest BCUT2D eigenvalue weighted by Gasteiger charge is -2.24. The Morgan fingerprint density at radius 3 is 2.48 bits per heavy atom. The number of hydrogen-bond donors (Lipinski definition) is 0. The second-order valence-corrected chi connectivity index (χ2v) is 9.12. The summed E-state index contributed by atoms with van der Waals surface area (Å²) in [5, 5.41) is 8.32. The predicted molar refractivity (Wildman–Crippen MR) is 129 cm³/mol. The van der Waals surface area contributed by atoms with Crippen LogP contribution in [0.1, 0.15) is 46.1 Å². The van der Waals surface area contributed by atoms with E-state index < -0.39 is 0 Å². The van der Waals surface area contributed by atoms with Gasteiger partial charge in [0.05, 0.1) is 16.6 Å². The van der Waals surface area contributed by atoms with Crippen molar-refractivity contribution in [2.75, 3.05) is 19.7 Å². The van der Waals surface area contributed by atoms with Crippen molar-refractivity contribution in [3.05, 3.63) is 88.1 Å². The van der Waals surface area contributed by atoms with Crippen molar-refractivity contribution in [2.24, 2.45) is 5.10 Å². The summed E-state index contributed by atoms with van der Waals surface area (Å²) in [5.74, 6) is 0.458. The monoisotopic (exact) mass is 459 g/mol. The molecule has 1 fully saturated rings. The number of hydrazone groups is 1. The summed E-state index contributed by atoms with van der Waals surface area (Å²) in [6, 6.07) is 20.5. The Morgan fingerprint density at radius 2 is 1.73 bits per heavy atom. The molecule has 6 nitrogen and oxygen atoms in total. The number of nitrogens with zero attached hydrogens (tertiary/aromatic N) is 3. The summed E-state index contributed by atoms with van der Waals surface area (Å²) in [6.07, 6.45) is 2.67. The Hall–Kier alpha value is -3.45. The Balaban J connectivity index is 1.43. The molecule has 0 saturated carbocycles. The second-order valence-electron chi connectivity index (χ2n) is 8.17. The number of benzene rings is 2. The molecule has 5 rings (SSSR count). The Morgan fingerprint density at radius 1 is 0.970 bits per heavy atom. The fourth-order valence-corrected chi connectivity index (χ4v) is 5.05. The number of hydrogen-bond acceptors (Lipinski definition) is 5. The van der Waals surface area contributed by atoms with Crippen LogP contribution in [0, 0.1) is 0 Å². The van der Waals surface area contributed by atoms with E-state index in [-0.39, 0.29) is 24.5 Å². The fourth-order valence-electron chi connectivity index (χ4n) is 4.33. The third kappa shape index (κ3) is 4.54. The van der Waals surface area contributed by atoms with Crippen molar-refractivity contribution < 1.29 is 14.3 Å². The molecule has 2 aromatic carbocycles. The zero-order chi connectivity index (χ0) is 22.6. The van der Waals surface area contributed by atoms with Gasteiger partial charge in [-0.3, -0.25) is 9.59 Å². The molecule has 1 aromatic heterocycles. The summed E-state index contributed by atoms with van der Waals surface area (Å²) < 4.78 is 6.01. The first kappa shape index (κ1) is 21.4. The van der Waals surface area contributed by atoms with Crippen LogP contribution in [0.5, 0.6) is 5.75 Å². The maximum absolute atomic E-state index is 13.4. The van der Waals surface area contributed by atoms with Crippen molar-refractivity contribution in [1.29, 1.82) is 0 Å². The van der Waals surface area contributed by atoms with Gasteiger partial charge in [0, 0.05) is 30.6 Å². The van der Waals surface area contributed by atoms with Gasteiger partial charge >= 0.3 is 0 Å². The summed E-state index contributed by atoms with van der Waals surface area (Å²) in [7, 11) is 0. The van der Waals surface area contributed by atoms with Crippen LogP contribution in [-0.2, 0) is 4.79 Å². The van der Waals surface area contributed by atoms with Crippen LogP contribution in [0.2, 0.25) is 0 Å². The van der Waals surface area contributed by atoms with Gasteiger partial charge < -0.3 is 9.64 Å². The minimum Gasteiger partial charge on any atom is -0.483 e. The molecule has 2 aliphatic heterocycles. The highest BCUT2D eigenvalue weighted by molar-refractivity contribution is 7.12. The lowest BCUT2D eigenvalue weighted by molar-refractivity contribution is -0.132. The SMILES string of the molecule is O=C(COc1ccccc1[C@@H]1CC(c2cccs2)=NN1C(=O)c1ccccc1)N1CCCC1. The van der Waals surface area contributed by atoms with Gasteiger partial charge in [0.25, 0.3) is 11.8 Å². The third-order valence-electron chi connectivity index (χ3n) is 6.03. The van der Waals surface area contributed by atoms with Crippen molar-refractivity contribution in [1.82, 2.24) is 9.91 Å². The zero-order valence-electron chi connectivity index (χ0n) is 18.2. The summed E-state index contributed by atoms with van der Waals surface area (Å²) >= 11 is 1.61. The van der Waals surface area contributed by atoms with E-state index in [4.69, 9.17) is 9.84 Å². The Kier molecular flexibility index (Phi) is 6.21. The van der Waals surface area contributed by atoms with E-state index in [1.807, 2.05) is 64.9 Å². The van der Waals surface area contributed by atoms with Gasteiger partial charge in [-0.25, -0.2) is 5.01 Å². The molecule has 0 bridgehead atoms. The number of carbonyl (C=O) groups excluding carboxylic acids is 2. The van der Waals surface area contributed by atoms with E-state index in [2.05, 4.69) is 0 Å². The molecule has 0 N–H and O–H groups in total. The number of amides is 2. The molecule has 0 radical (unpaired) electrons. The average molecular weight is 460 g/mol. The van der Waals surface area contributed by atoms with E-state index in [1.165, 1.54) is 0 Å². The molecular weight excluding hydrogens is 434 g/mol. The number of likely N-dealkylation sites (tertiary alicyclic amines) is 1. The predicted octanol–water partition coefficient (Wildman–Crippen LogP) is 4.74. The number of thiophene rings is 1. The van der Waals surface area contributed by atoms with Gasteiger partial charge in [0.2, 0.25) is 0 Å². The molecule has 3 aromatic rings. The molecule has 168 valence electrons. The average Bonchev–Trinajstić information content (AvgIpc) is 3.64. The highest BCUT2D eigenvalue weighted by Crippen LogP contribution is 2.39. The maximum Gasteiger partial charge on any atom is 0.274 e. The molecule has 33 heavy (non-hydrogen) atoms. The van der Waals surface area contributed by atoms with Gasteiger partial charge in [-0.2, -0.15) is 5.10 Å². The van der Waals surface area contributed by atoms with Crippen molar-refractivity contribution in [3.8, 4) is 5.75 Å². The molecule has 1 atom stereocenters. The lowest BCUT2D eigenvalue weighted by atomic mass is 9.99. The maximum atomic E-state index is 13.4. The molecule has 0 unspecified atom stereocenters. The number of para-hydroxylation sites is 1. The van der Waals surface area contributed by atoms with E-state index >= 15 is 0 Å². The molecule has 0 aliphatic carbocycles. The first-order valence-electron chi connectivity index (χ1n) is 11.2. The minimum absolute atomic E-state index is 0.00136. The van der Waals surface area contributed by atoms with E-state index in [1.54, 1.807) is 28.5 Å². The van der Waals surface area contributed by atoms with Gasteiger partial charge in [-0.15, -0.1) is 11.3 Å². The highest BCUT2D eigenvalue weighted by atomic mass is 32.1. The molecule has 0 spiro atoms. The van der Waals surface area contributed by atoms with E-state index in [9.17, 15) is 9.59 Å². The first-order chi connectivity index (χ1) is 16.2. The first-order valence-corrected chi connectivity index (χ1v) is 12.1. The smallest absolute Gasteiger partial charge is 0.274 e. The van der Waals surface area contributed by atoms with Crippen LogP contribution >= 0.6 is 11.3 Å². The van der Waals surface area contributed by atoms with E-state index in [0.717, 1.165) is 42.1 Å². The van der Waals surface area contributed by atoms with Crippen molar-refractivity contribution in [3.63, 3.8) is 0 Å². The molecule has 3 heterocycles. The van der Waals surface area contributed by atoms with Crippen LogP contribution in [-0.4, -0.2) is 47.1 Å². The number of ether oxygens (including phenoxy) is 1. The molecular formula is C26H25N3O3S. The minimum atomic E-state index is -0.312. The molecule has 2 amide bonds. The van der Waals surface area contributed by atoms with Crippen LogP contribution in [0.25, 0.3) is 0 Å². The highest BCUT2D eigenvalue weighted by Gasteiger charge is 2.35. The van der Waals surface area contributed by atoms with Crippen LogP contribution in [0.3, 0.4) is 0 Å². The zero-order valence-corrected chi connectivity index (χ0v) is 19.0. The topological polar surface area (TPSA) is 62.2 Å². The van der Waals surface area contributed by atoms with Crippen LogP contribution in [0.15, 0.2) is 77.2 Å². The van der Waals surface area contributed by atoms with Crippen molar-refractivity contribution in [2.45, 2.75) is 25.3 Å². The normalized spacial score (nSPS) is 17.8. The molecule has 2 aliphatic rings. The lowest BCUT2D eigenvalue weighted by Crippen LogP contribution is -2.32. The summed E-state index contributed by atoms with van der Waals surface area (Å²) in [6.45, 7) is 1.59. The fraction of sp³-hybridized carbons (Fsp3) is 0.269. The summed E-state index contributed by atoms with van der Waals surface area (Å²) in [5.41, 5.74) is 2.31. The summed E-state index contributed by atoms with van der Waals surface area (Å²) in [4.78, 5) is 28.8. The van der Waals surface area contributed by atoms with Gasteiger partial charge in [0.15, 0.2) is 6.61 Å². The van der Waals surface area contributed by atoms with E-state index in [0.29, 0.717) is 17.7 Å². The van der Waals surface area contributed by atoms with Gasteiger partial charge in [-0.1, -0.05) is 42.5 Å². The van der Waals surface area contributed by atoms with Crippen LogP contribution in [0.4, 0.5) is 0 Å². The van der Waals surface area contributed by atoms with Gasteiger partial charge in [-0.05, 0) is 42.5 Å². The Bertz CT molecular complexity index is 1150. The molecule has 1 saturated heterocycles. The quantitative estimate of drug-likeness (QED) is 0.535. The Labute approximate surface area is 197 Å². The second kappa shape index (κ2) is 9.58. The largest absolute Gasteiger partial charge is 0.483 e. The molecule has 7 heteroatoms. The third-order valence-corrected chi connectivity index (χ3v) is 6.95. The number of rotatable bonds is 6. The van der Waals surface area contributed by atoms with Crippen LogP contribution < -0.4 is 4.74 Å². The number of carbonyl (C=O) groups is 2. The van der Waals surface area contributed by atoms with Gasteiger partial charge in [0.1, 0.15) is 5.75 Å².